The minimum absolute atomic E-state index is 0.736. The van der Waals surface area contributed by atoms with Crippen LogP contribution in [0.15, 0.2) is 60.7 Å². The zero-order chi connectivity index (χ0) is 18.4. The quantitative estimate of drug-likeness (QED) is 0.678. The molecule has 5 heteroatoms. The molecule has 0 radical (unpaired) electrons. The zero-order valence-corrected chi connectivity index (χ0v) is 15.4. The van der Waals surface area contributed by atoms with Gasteiger partial charge in [-0.05, 0) is 31.5 Å². The monoisotopic (exact) mass is 348 g/mol. The standard InChI is InChI=1S/C21H24N4O/c1-4-25(15-17-9-6-5-7-10-17)21-14-20(22-16(2)23-21)24-18-11-8-12-19(13-18)26-3/h5-14H,4,15H2,1-3H3,(H,22,23,24). The number of ether oxygens (including phenoxy) is 1. The van der Waals surface area contributed by atoms with E-state index in [0.29, 0.717) is 0 Å². The van der Waals surface area contributed by atoms with E-state index in [1.165, 1.54) is 5.56 Å². The number of aromatic nitrogens is 2. The van der Waals surface area contributed by atoms with Crippen LogP contribution in [0, 0.1) is 6.92 Å². The summed E-state index contributed by atoms with van der Waals surface area (Å²) in [5.41, 5.74) is 2.19. The topological polar surface area (TPSA) is 50.3 Å². The van der Waals surface area contributed by atoms with Crippen molar-refractivity contribution in [2.75, 3.05) is 23.9 Å². The Labute approximate surface area is 154 Å². The van der Waals surface area contributed by atoms with Crippen LogP contribution < -0.4 is 15.0 Å². The lowest BCUT2D eigenvalue weighted by atomic mass is 10.2. The molecule has 0 fully saturated rings. The highest BCUT2D eigenvalue weighted by Crippen LogP contribution is 2.23. The highest BCUT2D eigenvalue weighted by Gasteiger charge is 2.10. The molecule has 134 valence electrons. The van der Waals surface area contributed by atoms with Gasteiger partial charge in [0.05, 0.1) is 7.11 Å². The first-order valence-electron chi connectivity index (χ1n) is 8.73. The van der Waals surface area contributed by atoms with Crippen LogP contribution in [0.3, 0.4) is 0 Å². The third-order valence-electron chi connectivity index (χ3n) is 4.09. The third-order valence-corrected chi connectivity index (χ3v) is 4.09. The van der Waals surface area contributed by atoms with Gasteiger partial charge in [-0.25, -0.2) is 9.97 Å². The van der Waals surface area contributed by atoms with Crippen molar-refractivity contribution in [2.45, 2.75) is 20.4 Å². The molecule has 5 nitrogen and oxygen atoms in total. The van der Waals surface area contributed by atoms with Gasteiger partial charge in [-0.1, -0.05) is 36.4 Å². The summed E-state index contributed by atoms with van der Waals surface area (Å²) in [6.07, 6.45) is 0. The summed E-state index contributed by atoms with van der Waals surface area (Å²) in [5.74, 6) is 3.22. The van der Waals surface area contributed by atoms with Crippen LogP contribution in [0.2, 0.25) is 0 Å². The summed E-state index contributed by atoms with van der Waals surface area (Å²) in [6, 6.07) is 20.2. The van der Waals surface area contributed by atoms with Gasteiger partial charge in [0.25, 0.3) is 0 Å². The molecule has 3 rings (SSSR count). The van der Waals surface area contributed by atoms with Crippen LogP contribution in [0.1, 0.15) is 18.3 Å². The molecule has 1 heterocycles. The summed E-state index contributed by atoms with van der Waals surface area (Å²) < 4.78 is 5.28. The second-order valence-corrected chi connectivity index (χ2v) is 6.02. The fraction of sp³-hybridized carbons (Fsp3) is 0.238. The Balaban J connectivity index is 1.83. The van der Waals surface area contributed by atoms with Crippen LogP contribution in [0.4, 0.5) is 17.3 Å². The van der Waals surface area contributed by atoms with Crippen molar-refractivity contribution in [1.82, 2.24) is 9.97 Å². The lowest BCUT2D eigenvalue weighted by molar-refractivity contribution is 0.415. The van der Waals surface area contributed by atoms with Crippen LogP contribution in [0.25, 0.3) is 0 Å². The molecule has 1 aromatic heterocycles. The number of nitrogens with zero attached hydrogens (tertiary/aromatic N) is 3. The van der Waals surface area contributed by atoms with Gasteiger partial charge in [0, 0.05) is 30.9 Å². The first-order chi connectivity index (χ1) is 12.7. The maximum absolute atomic E-state index is 5.28. The van der Waals surface area contributed by atoms with Gasteiger partial charge in [0.2, 0.25) is 0 Å². The van der Waals surface area contributed by atoms with Crippen LogP contribution in [-0.2, 0) is 6.54 Å². The van der Waals surface area contributed by atoms with E-state index < -0.39 is 0 Å². The summed E-state index contributed by atoms with van der Waals surface area (Å²) in [7, 11) is 1.66. The molecule has 0 saturated heterocycles. The maximum atomic E-state index is 5.28. The van der Waals surface area contributed by atoms with E-state index in [9.17, 15) is 0 Å². The van der Waals surface area contributed by atoms with Crippen molar-refractivity contribution >= 4 is 17.3 Å². The fourth-order valence-electron chi connectivity index (χ4n) is 2.79. The van der Waals surface area contributed by atoms with Crippen LogP contribution >= 0.6 is 0 Å². The Morgan fingerprint density at radius 2 is 1.81 bits per heavy atom. The number of methoxy groups -OCH3 is 1. The molecular weight excluding hydrogens is 324 g/mol. The second kappa shape index (κ2) is 8.34. The number of hydrogen-bond acceptors (Lipinski definition) is 5. The van der Waals surface area contributed by atoms with E-state index in [-0.39, 0.29) is 0 Å². The van der Waals surface area contributed by atoms with E-state index >= 15 is 0 Å². The summed E-state index contributed by atoms with van der Waals surface area (Å²) in [4.78, 5) is 11.4. The van der Waals surface area contributed by atoms with Crippen LogP contribution in [-0.4, -0.2) is 23.6 Å². The average molecular weight is 348 g/mol. The fourth-order valence-corrected chi connectivity index (χ4v) is 2.79. The summed E-state index contributed by atoms with van der Waals surface area (Å²) >= 11 is 0. The number of rotatable bonds is 7. The highest BCUT2D eigenvalue weighted by atomic mass is 16.5. The molecule has 26 heavy (non-hydrogen) atoms. The molecule has 0 spiro atoms. The van der Waals surface area contributed by atoms with E-state index in [2.05, 4.69) is 51.4 Å². The predicted molar refractivity (Wildman–Crippen MR) is 106 cm³/mol. The van der Waals surface area contributed by atoms with Gasteiger partial charge in [0.1, 0.15) is 23.2 Å². The first-order valence-corrected chi connectivity index (χ1v) is 8.73. The van der Waals surface area contributed by atoms with E-state index in [4.69, 9.17) is 4.74 Å². The van der Waals surface area contributed by atoms with E-state index in [1.54, 1.807) is 7.11 Å². The van der Waals surface area contributed by atoms with Crippen molar-refractivity contribution in [3.05, 3.63) is 72.1 Å². The lowest BCUT2D eigenvalue weighted by Gasteiger charge is -2.23. The van der Waals surface area contributed by atoms with E-state index in [0.717, 1.165) is 42.0 Å². The van der Waals surface area contributed by atoms with Gasteiger partial charge in [-0.2, -0.15) is 0 Å². The molecule has 0 amide bonds. The molecule has 0 aliphatic carbocycles. The molecule has 0 bridgehead atoms. The van der Waals surface area contributed by atoms with Gasteiger partial charge < -0.3 is 15.0 Å². The molecule has 1 N–H and O–H groups in total. The number of hydrogen-bond donors (Lipinski definition) is 1. The first kappa shape index (κ1) is 17.7. The number of nitrogens with one attached hydrogen (secondary N) is 1. The summed E-state index contributed by atoms with van der Waals surface area (Å²) in [6.45, 7) is 5.72. The lowest BCUT2D eigenvalue weighted by Crippen LogP contribution is -2.23. The van der Waals surface area contributed by atoms with Crippen molar-refractivity contribution in [3.63, 3.8) is 0 Å². The Kier molecular flexibility index (Phi) is 5.69. The van der Waals surface area contributed by atoms with Gasteiger partial charge in [-0.15, -0.1) is 0 Å². The maximum Gasteiger partial charge on any atom is 0.136 e. The number of anilines is 3. The molecule has 0 unspecified atom stereocenters. The molecule has 2 aromatic carbocycles. The van der Waals surface area contributed by atoms with E-state index in [1.807, 2.05) is 43.3 Å². The third kappa shape index (κ3) is 4.51. The van der Waals surface area contributed by atoms with Crippen molar-refractivity contribution in [1.29, 1.82) is 0 Å². The molecular formula is C21H24N4O. The smallest absolute Gasteiger partial charge is 0.136 e. The van der Waals surface area contributed by atoms with Gasteiger partial charge >= 0.3 is 0 Å². The Morgan fingerprint density at radius 1 is 1.00 bits per heavy atom. The summed E-state index contributed by atoms with van der Waals surface area (Å²) in [5, 5.41) is 3.34. The molecule has 3 aromatic rings. The normalized spacial score (nSPS) is 10.4. The minimum Gasteiger partial charge on any atom is -0.497 e. The Bertz CT molecular complexity index is 852. The second-order valence-electron chi connectivity index (χ2n) is 6.02. The van der Waals surface area contributed by atoms with Crippen molar-refractivity contribution in [3.8, 4) is 5.75 Å². The largest absolute Gasteiger partial charge is 0.497 e. The minimum atomic E-state index is 0.736. The van der Waals surface area contributed by atoms with Gasteiger partial charge in [-0.3, -0.25) is 0 Å². The SMILES string of the molecule is CCN(Cc1ccccc1)c1cc(Nc2cccc(OC)c2)nc(C)n1. The van der Waals surface area contributed by atoms with Crippen molar-refractivity contribution in [2.24, 2.45) is 0 Å². The molecule has 0 saturated carbocycles. The number of benzene rings is 2. The average Bonchev–Trinajstić information content (AvgIpc) is 2.66. The van der Waals surface area contributed by atoms with Crippen LogP contribution in [0.5, 0.6) is 5.75 Å². The predicted octanol–water partition coefficient (Wildman–Crippen LogP) is 4.56. The molecule has 0 aliphatic rings. The number of aryl methyl sites for hydroxylation is 1. The van der Waals surface area contributed by atoms with Crippen molar-refractivity contribution < 1.29 is 4.74 Å². The molecule has 0 aliphatic heterocycles. The Hall–Kier alpha value is -3.08. The van der Waals surface area contributed by atoms with Gasteiger partial charge in [0.15, 0.2) is 0 Å². The molecule has 0 atom stereocenters. The highest BCUT2D eigenvalue weighted by molar-refractivity contribution is 5.61. The Morgan fingerprint density at radius 3 is 2.54 bits per heavy atom. The zero-order valence-electron chi connectivity index (χ0n) is 15.4.